The maximum atomic E-state index is 13.1. The first kappa shape index (κ1) is 14.2. The van der Waals surface area contributed by atoms with Gasteiger partial charge in [0.05, 0.1) is 0 Å². The lowest BCUT2D eigenvalue weighted by Crippen LogP contribution is -2.39. The van der Waals surface area contributed by atoms with E-state index >= 15 is 0 Å². The number of hydrogen-bond donors (Lipinski definition) is 1. The van der Waals surface area contributed by atoms with E-state index in [1.165, 1.54) is 23.1 Å². The Balaban J connectivity index is 2.17. The zero-order valence-electron chi connectivity index (χ0n) is 11.2. The van der Waals surface area contributed by atoms with Crippen LogP contribution in [0.25, 0.3) is 5.57 Å². The van der Waals surface area contributed by atoms with E-state index in [2.05, 4.69) is 0 Å². The van der Waals surface area contributed by atoms with E-state index in [9.17, 15) is 14.0 Å². The van der Waals surface area contributed by atoms with Gasteiger partial charge in [0.2, 0.25) is 5.91 Å². The lowest BCUT2D eigenvalue weighted by Gasteiger charge is -2.20. The second kappa shape index (κ2) is 5.86. The molecular weight excluding hydrogens is 261 g/mol. The molecule has 2 rings (SSSR count). The molecule has 0 bridgehead atoms. The van der Waals surface area contributed by atoms with Gasteiger partial charge >= 0.3 is 5.97 Å². The molecular formula is C15H16FNO3. The normalized spacial score (nSPS) is 19.2. The smallest absolute Gasteiger partial charge is 0.326 e. The van der Waals surface area contributed by atoms with Gasteiger partial charge in [-0.1, -0.05) is 12.1 Å². The molecule has 0 radical (unpaired) electrons. The van der Waals surface area contributed by atoms with Crippen molar-refractivity contribution in [2.75, 3.05) is 6.54 Å². The minimum absolute atomic E-state index is 0.336. The Bertz CT molecular complexity index is 568. The summed E-state index contributed by atoms with van der Waals surface area (Å²) in [5.41, 5.74) is 1.23. The topological polar surface area (TPSA) is 57.6 Å². The van der Waals surface area contributed by atoms with Crippen LogP contribution in [0.2, 0.25) is 0 Å². The molecule has 1 atom stereocenters. The van der Waals surface area contributed by atoms with Crippen LogP contribution >= 0.6 is 0 Å². The Hall–Kier alpha value is -2.17. The van der Waals surface area contributed by atoms with E-state index in [1.807, 2.05) is 0 Å². The predicted molar refractivity (Wildman–Crippen MR) is 72.4 cm³/mol. The maximum absolute atomic E-state index is 13.1. The van der Waals surface area contributed by atoms with E-state index in [-0.39, 0.29) is 11.7 Å². The van der Waals surface area contributed by atoms with Gasteiger partial charge in [0.1, 0.15) is 11.9 Å². The van der Waals surface area contributed by atoms with Crippen molar-refractivity contribution in [2.45, 2.75) is 25.8 Å². The molecule has 0 aliphatic carbocycles. The second-order valence-corrected chi connectivity index (χ2v) is 4.87. The van der Waals surface area contributed by atoms with Crippen LogP contribution < -0.4 is 0 Å². The number of hydrogen-bond acceptors (Lipinski definition) is 2. The van der Waals surface area contributed by atoms with Crippen molar-refractivity contribution in [3.8, 4) is 0 Å². The Morgan fingerprint density at radius 1 is 1.45 bits per heavy atom. The van der Waals surface area contributed by atoms with Crippen LogP contribution in [-0.2, 0) is 9.59 Å². The van der Waals surface area contributed by atoms with Gasteiger partial charge in [0.25, 0.3) is 0 Å². The molecule has 1 saturated heterocycles. The van der Waals surface area contributed by atoms with Crippen molar-refractivity contribution in [3.63, 3.8) is 0 Å². The molecule has 0 saturated carbocycles. The molecule has 1 aliphatic heterocycles. The van der Waals surface area contributed by atoms with Crippen molar-refractivity contribution >= 4 is 17.4 Å². The highest BCUT2D eigenvalue weighted by molar-refractivity contribution is 5.97. The predicted octanol–water partition coefficient (Wildman–Crippen LogP) is 2.30. The average Bonchev–Trinajstić information content (AvgIpc) is 2.88. The number of likely N-dealkylation sites (tertiary alicyclic amines) is 1. The highest BCUT2D eigenvalue weighted by Crippen LogP contribution is 2.20. The lowest BCUT2D eigenvalue weighted by atomic mass is 10.1. The van der Waals surface area contributed by atoms with Crippen LogP contribution in [0.1, 0.15) is 25.3 Å². The molecule has 1 aromatic rings. The summed E-state index contributed by atoms with van der Waals surface area (Å²) in [6, 6.07) is 5.21. The number of amides is 1. The number of allylic oxidation sites excluding steroid dienone is 1. The van der Waals surface area contributed by atoms with Gasteiger partial charge in [-0.2, -0.15) is 0 Å². The Labute approximate surface area is 116 Å². The summed E-state index contributed by atoms with van der Waals surface area (Å²) in [6.45, 7) is 2.15. The summed E-state index contributed by atoms with van der Waals surface area (Å²) in [7, 11) is 0. The molecule has 4 nitrogen and oxygen atoms in total. The molecule has 1 N–H and O–H groups in total. The minimum Gasteiger partial charge on any atom is -0.480 e. The van der Waals surface area contributed by atoms with E-state index < -0.39 is 12.0 Å². The first-order chi connectivity index (χ1) is 9.49. The molecule has 1 aromatic carbocycles. The van der Waals surface area contributed by atoms with Gasteiger partial charge in [-0.3, -0.25) is 4.79 Å². The van der Waals surface area contributed by atoms with Gasteiger partial charge < -0.3 is 10.0 Å². The van der Waals surface area contributed by atoms with Crippen LogP contribution in [0, 0.1) is 5.82 Å². The highest BCUT2D eigenvalue weighted by atomic mass is 19.1. The van der Waals surface area contributed by atoms with E-state index in [1.54, 1.807) is 19.1 Å². The Morgan fingerprint density at radius 3 is 2.85 bits per heavy atom. The second-order valence-electron chi connectivity index (χ2n) is 4.87. The van der Waals surface area contributed by atoms with Gasteiger partial charge in [0.15, 0.2) is 0 Å². The number of carboxylic acid groups (broad SMARTS) is 1. The molecule has 1 aliphatic rings. The molecule has 20 heavy (non-hydrogen) atoms. The van der Waals surface area contributed by atoms with Crippen LogP contribution in [0.15, 0.2) is 30.3 Å². The number of carbonyl (C=O) groups excluding carboxylic acids is 1. The highest BCUT2D eigenvalue weighted by Gasteiger charge is 2.32. The summed E-state index contributed by atoms with van der Waals surface area (Å²) < 4.78 is 13.1. The van der Waals surface area contributed by atoms with Crippen LogP contribution in [-0.4, -0.2) is 34.5 Å². The van der Waals surface area contributed by atoms with Gasteiger partial charge in [-0.05, 0) is 43.0 Å². The molecule has 0 aromatic heterocycles. The number of rotatable bonds is 3. The van der Waals surface area contributed by atoms with Crippen molar-refractivity contribution in [2.24, 2.45) is 0 Å². The van der Waals surface area contributed by atoms with Crippen molar-refractivity contribution in [1.29, 1.82) is 0 Å². The van der Waals surface area contributed by atoms with Crippen molar-refractivity contribution < 1.29 is 19.1 Å². The van der Waals surface area contributed by atoms with Gasteiger partial charge in [-0.25, -0.2) is 9.18 Å². The number of carboxylic acids is 1. The summed E-state index contributed by atoms with van der Waals surface area (Å²) in [6.07, 6.45) is 2.54. The van der Waals surface area contributed by atoms with E-state index in [0.29, 0.717) is 30.5 Å². The zero-order chi connectivity index (χ0) is 14.7. The first-order valence-electron chi connectivity index (χ1n) is 6.46. The third-order valence-electron chi connectivity index (χ3n) is 3.44. The molecule has 5 heteroatoms. The molecule has 1 unspecified atom stereocenters. The average molecular weight is 277 g/mol. The fourth-order valence-corrected chi connectivity index (χ4v) is 2.37. The zero-order valence-corrected chi connectivity index (χ0v) is 11.2. The van der Waals surface area contributed by atoms with Crippen LogP contribution in [0.3, 0.4) is 0 Å². The summed E-state index contributed by atoms with van der Waals surface area (Å²) in [5.74, 6) is -1.68. The van der Waals surface area contributed by atoms with Crippen molar-refractivity contribution in [3.05, 3.63) is 41.7 Å². The molecule has 0 spiro atoms. The van der Waals surface area contributed by atoms with E-state index in [0.717, 1.165) is 0 Å². The molecule has 1 heterocycles. The van der Waals surface area contributed by atoms with Crippen molar-refractivity contribution in [1.82, 2.24) is 4.90 Å². The summed E-state index contributed by atoms with van der Waals surface area (Å²) in [5, 5.41) is 9.06. The van der Waals surface area contributed by atoms with Crippen LogP contribution in [0.4, 0.5) is 4.39 Å². The van der Waals surface area contributed by atoms with E-state index in [4.69, 9.17) is 5.11 Å². The Kier molecular flexibility index (Phi) is 4.17. The fraction of sp³-hybridized carbons (Fsp3) is 0.333. The monoisotopic (exact) mass is 277 g/mol. The maximum Gasteiger partial charge on any atom is 0.326 e. The largest absolute Gasteiger partial charge is 0.480 e. The first-order valence-corrected chi connectivity index (χ1v) is 6.46. The quantitative estimate of drug-likeness (QED) is 0.862. The molecule has 106 valence electrons. The lowest BCUT2D eigenvalue weighted by molar-refractivity contribution is -0.146. The van der Waals surface area contributed by atoms with Gasteiger partial charge in [0, 0.05) is 12.6 Å². The minimum atomic E-state index is -0.979. The summed E-state index contributed by atoms with van der Waals surface area (Å²) >= 11 is 0. The molecule has 1 amide bonds. The molecule has 1 fully saturated rings. The number of aliphatic carboxylic acids is 1. The van der Waals surface area contributed by atoms with Gasteiger partial charge in [-0.15, -0.1) is 0 Å². The number of benzene rings is 1. The number of nitrogens with zero attached hydrogens (tertiary/aromatic N) is 1. The fourth-order valence-electron chi connectivity index (χ4n) is 2.37. The third-order valence-corrected chi connectivity index (χ3v) is 3.44. The summed E-state index contributed by atoms with van der Waals surface area (Å²) in [4.78, 5) is 24.5. The third kappa shape index (κ3) is 3.04. The Morgan fingerprint density at radius 2 is 2.20 bits per heavy atom. The number of carbonyl (C=O) groups is 2. The standard InChI is InChI=1S/C15H16FNO3/c1-10(11-4-2-5-12(16)9-11)8-14(18)17-7-3-6-13(17)15(19)20/h2,4-5,8-9,13H,3,6-7H2,1H3,(H,19,20). The van der Waals surface area contributed by atoms with Crippen LogP contribution in [0.5, 0.6) is 0 Å². The SMILES string of the molecule is CC(=CC(=O)N1CCCC1C(=O)O)c1cccc(F)c1. The number of halogens is 1.